The Kier molecular flexibility index (Phi) is 3.90. The highest BCUT2D eigenvalue weighted by Gasteiger charge is 2.22. The molecule has 4 rings (SSSR count). The molecule has 5 heteroatoms. The second-order valence-corrected chi connectivity index (χ2v) is 7.46. The second kappa shape index (κ2) is 6.07. The lowest BCUT2D eigenvalue weighted by molar-refractivity contribution is 0.112. The van der Waals surface area contributed by atoms with E-state index in [1.165, 1.54) is 24.0 Å². The van der Waals surface area contributed by atoms with Gasteiger partial charge in [0.2, 0.25) is 0 Å². The average Bonchev–Trinajstić information content (AvgIpc) is 3.30. The Labute approximate surface area is 145 Å². The second-order valence-electron chi connectivity index (χ2n) is 6.32. The summed E-state index contributed by atoms with van der Waals surface area (Å²) in [7, 11) is 1.50. The number of phenols is 1. The zero-order valence-corrected chi connectivity index (χ0v) is 14.4. The fraction of sp³-hybridized carbons (Fsp3) is 0.316. The van der Waals surface area contributed by atoms with Gasteiger partial charge in [-0.2, -0.15) is 0 Å². The van der Waals surface area contributed by atoms with E-state index in [1.807, 2.05) is 0 Å². The largest absolute Gasteiger partial charge is 0.504 e. The van der Waals surface area contributed by atoms with Crippen molar-refractivity contribution in [2.45, 2.75) is 19.4 Å². The molecule has 1 aliphatic heterocycles. The van der Waals surface area contributed by atoms with Crippen molar-refractivity contribution in [3.8, 4) is 21.9 Å². The van der Waals surface area contributed by atoms with Gasteiger partial charge in [-0.25, -0.2) is 0 Å². The Morgan fingerprint density at radius 2 is 2.21 bits per heavy atom. The van der Waals surface area contributed by atoms with Gasteiger partial charge < -0.3 is 9.84 Å². The Morgan fingerprint density at radius 3 is 2.92 bits per heavy atom. The van der Waals surface area contributed by atoms with E-state index in [-0.39, 0.29) is 11.3 Å². The summed E-state index contributed by atoms with van der Waals surface area (Å²) in [6.45, 7) is 3.18. The van der Waals surface area contributed by atoms with Crippen molar-refractivity contribution in [2.75, 3.05) is 20.2 Å². The molecule has 0 bridgehead atoms. The van der Waals surface area contributed by atoms with E-state index in [1.54, 1.807) is 29.0 Å². The number of ether oxygens (including phenoxy) is 1. The van der Waals surface area contributed by atoms with Crippen LogP contribution >= 0.6 is 11.3 Å². The summed E-state index contributed by atoms with van der Waals surface area (Å²) in [5.41, 5.74) is 4.11. The van der Waals surface area contributed by atoms with Gasteiger partial charge in [-0.15, -0.1) is 11.3 Å². The molecule has 2 aromatic rings. The number of allylic oxidation sites excluding steroid dienone is 1. The lowest BCUT2D eigenvalue weighted by atomic mass is 10.1. The molecule has 2 heterocycles. The number of phenolic OH excluding ortho intramolecular Hbond substituents is 1. The SMILES string of the molecule is COc1cc(-c2cc3c(s2)CCN(CC2=CC2)C3)cc(C=O)c1O. The first-order valence-electron chi connectivity index (χ1n) is 8.06. The fourth-order valence-corrected chi connectivity index (χ4v) is 4.32. The van der Waals surface area contributed by atoms with E-state index in [2.05, 4.69) is 17.0 Å². The first kappa shape index (κ1) is 15.4. The third-order valence-electron chi connectivity index (χ3n) is 4.60. The molecule has 124 valence electrons. The monoisotopic (exact) mass is 341 g/mol. The molecule has 0 radical (unpaired) electrons. The summed E-state index contributed by atoms with van der Waals surface area (Å²) in [6.07, 6.45) is 5.21. The van der Waals surface area contributed by atoms with Crippen molar-refractivity contribution in [2.24, 2.45) is 0 Å². The van der Waals surface area contributed by atoms with Crippen LogP contribution in [0.1, 0.15) is 27.2 Å². The highest BCUT2D eigenvalue weighted by Crippen LogP contribution is 2.40. The van der Waals surface area contributed by atoms with E-state index < -0.39 is 0 Å². The molecular formula is C19H19NO3S. The van der Waals surface area contributed by atoms with Gasteiger partial charge in [0.05, 0.1) is 12.7 Å². The summed E-state index contributed by atoms with van der Waals surface area (Å²) < 4.78 is 5.20. The van der Waals surface area contributed by atoms with Gasteiger partial charge in [0.1, 0.15) is 0 Å². The van der Waals surface area contributed by atoms with Gasteiger partial charge in [0.15, 0.2) is 17.8 Å². The van der Waals surface area contributed by atoms with Gasteiger partial charge in [-0.05, 0) is 42.2 Å². The number of aldehydes is 1. The van der Waals surface area contributed by atoms with Crippen LogP contribution in [-0.2, 0) is 13.0 Å². The molecule has 24 heavy (non-hydrogen) atoms. The molecule has 0 saturated heterocycles. The number of nitrogens with zero attached hydrogens (tertiary/aromatic N) is 1. The number of benzene rings is 1. The maximum absolute atomic E-state index is 11.2. The van der Waals surface area contributed by atoms with Gasteiger partial charge in [0, 0.05) is 29.4 Å². The van der Waals surface area contributed by atoms with Crippen molar-refractivity contribution in [3.63, 3.8) is 0 Å². The summed E-state index contributed by atoms with van der Waals surface area (Å²) in [5, 5.41) is 9.98. The maximum Gasteiger partial charge on any atom is 0.168 e. The molecule has 2 aliphatic rings. The van der Waals surface area contributed by atoms with E-state index in [0.717, 1.165) is 36.5 Å². The number of carbonyl (C=O) groups is 1. The maximum atomic E-state index is 11.2. The molecule has 1 aromatic carbocycles. The summed E-state index contributed by atoms with van der Waals surface area (Å²) in [5.74, 6) is 0.240. The Hall–Kier alpha value is -2.11. The Bertz CT molecular complexity index is 837. The lowest BCUT2D eigenvalue weighted by Gasteiger charge is -2.25. The summed E-state index contributed by atoms with van der Waals surface area (Å²) >= 11 is 1.77. The number of fused-ring (bicyclic) bond motifs is 1. The van der Waals surface area contributed by atoms with Crippen LogP contribution in [0, 0.1) is 0 Å². The molecule has 0 amide bonds. The first-order chi connectivity index (χ1) is 11.7. The number of hydrogen-bond donors (Lipinski definition) is 1. The van der Waals surface area contributed by atoms with Crippen LogP contribution in [0.5, 0.6) is 11.5 Å². The van der Waals surface area contributed by atoms with Gasteiger partial charge >= 0.3 is 0 Å². The molecule has 0 atom stereocenters. The quantitative estimate of drug-likeness (QED) is 0.666. The van der Waals surface area contributed by atoms with Crippen molar-refractivity contribution in [3.05, 3.63) is 45.9 Å². The Balaban J connectivity index is 1.65. The predicted octanol–water partition coefficient (Wildman–Crippen LogP) is 3.63. The normalized spacial score (nSPS) is 16.5. The smallest absolute Gasteiger partial charge is 0.168 e. The molecule has 0 fully saturated rings. The van der Waals surface area contributed by atoms with Crippen LogP contribution in [0.4, 0.5) is 0 Å². The molecule has 0 unspecified atom stereocenters. The minimum absolute atomic E-state index is 0.0959. The van der Waals surface area contributed by atoms with Gasteiger partial charge in [-0.1, -0.05) is 11.6 Å². The van der Waals surface area contributed by atoms with Crippen molar-refractivity contribution in [1.29, 1.82) is 0 Å². The minimum Gasteiger partial charge on any atom is -0.504 e. The number of thiophene rings is 1. The number of aromatic hydroxyl groups is 1. The van der Waals surface area contributed by atoms with Crippen molar-refractivity contribution in [1.82, 2.24) is 4.90 Å². The van der Waals surface area contributed by atoms with Gasteiger partial charge in [-0.3, -0.25) is 9.69 Å². The van der Waals surface area contributed by atoms with Crippen LogP contribution < -0.4 is 4.74 Å². The number of rotatable bonds is 5. The summed E-state index contributed by atoms with van der Waals surface area (Å²) in [6, 6.07) is 5.75. The topological polar surface area (TPSA) is 49.8 Å². The van der Waals surface area contributed by atoms with Crippen molar-refractivity contribution < 1.29 is 14.6 Å². The van der Waals surface area contributed by atoms with Crippen LogP contribution in [0.2, 0.25) is 0 Å². The third kappa shape index (κ3) is 2.85. The molecule has 4 nitrogen and oxygen atoms in total. The van der Waals surface area contributed by atoms with E-state index in [0.29, 0.717) is 12.0 Å². The highest BCUT2D eigenvalue weighted by atomic mass is 32.1. The van der Waals surface area contributed by atoms with Crippen LogP contribution in [0.15, 0.2) is 29.8 Å². The first-order valence-corrected chi connectivity index (χ1v) is 8.88. The molecule has 1 N–H and O–H groups in total. The molecule has 0 spiro atoms. The van der Waals surface area contributed by atoms with E-state index >= 15 is 0 Å². The van der Waals surface area contributed by atoms with Gasteiger partial charge in [0.25, 0.3) is 0 Å². The fourth-order valence-electron chi connectivity index (χ4n) is 3.17. The third-order valence-corrected chi connectivity index (χ3v) is 5.89. The number of carbonyl (C=O) groups excluding carboxylic acids is 1. The molecule has 0 saturated carbocycles. The highest BCUT2D eigenvalue weighted by molar-refractivity contribution is 7.15. The summed E-state index contributed by atoms with van der Waals surface area (Å²) in [4.78, 5) is 16.2. The lowest BCUT2D eigenvalue weighted by Crippen LogP contribution is -2.30. The van der Waals surface area contributed by atoms with Crippen LogP contribution in [-0.4, -0.2) is 36.5 Å². The molecular weight excluding hydrogens is 322 g/mol. The molecule has 1 aromatic heterocycles. The number of methoxy groups -OCH3 is 1. The van der Waals surface area contributed by atoms with E-state index in [4.69, 9.17) is 4.74 Å². The minimum atomic E-state index is -0.0959. The predicted molar refractivity (Wildman–Crippen MR) is 95.0 cm³/mol. The van der Waals surface area contributed by atoms with Crippen LogP contribution in [0.3, 0.4) is 0 Å². The van der Waals surface area contributed by atoms with Crippen LogP contribution in [0.25, 0.3) is 10.4 Å². The van der Waals surface area contributed by atoms with E-state index in [9.17, 15) is 9.90 Å². The van der Waals surface area contributed by atoms with Crippen molar-refractivity contribution >= 4 is 17.6 Å². The molecule has 1 aliphatic carbocycles. The Morgan fingerprint density at radius 1 is 1.38 bits per heavy atom. The zero-order chi connectivity index (χ0) is 16.7. The average molecular weight is 341 g/mol. The zero-order valence-electron chi connectivity index (χ0n) is 13.5. The number of hydrogen-bond acceptors (Lipinski definition) is 5. The standard InChI is InChI=1S/C19H19NO3S/c1-23-16-7-13(6-15(11-21)19(16)22)18-8-14-10-20(9-12-2-3-12)5-4-17(14)24-18/h2,6-8,11,22H,3-5,9-10H2,1H3.